The number of carbonyl (C=O) groups excluding carboxylic acids is 1. The maximum atomic E-state index is 11.8. The lowest BCUT2D eigenvalue weighted by atomic mass is 10.1. The number of hydrogen-bond acceptors (Lipinski definition) is 4. The molecule has 1 unspecified atom stereocenters. The number of ether oxygens (including phenoxy) is 1. The third kappa shape index (κ3) is 2.32. The third-order valence-corrected chi connectivity index (χ3v) is 3.66. The number of primary sulfonamides is 1. The van der Waals surface area contributed by atoms with Crippen LogP contribution in [0.1, 0.15) is 5.56 Å². The SMILES string of the molecule is CN(C)C(=O)C1Cc2cc(S(N)(=O)=O)ccc2O1. The van der Waals surface area contributed by atoms with Crippen molar-refractivity contribution in [1.29, 1.82) is 0 Å². The molecule has 1 atom stereocenters. The number of rotatable bonds is 2. The van der Waals surface area contributed by atoms with E-state index in [9.17, 15) is 13.2 Å². The molecule has 1 aromatic carbocycles. The van der Waals surface area contributed by atoms with Gasteiger partial charge in [-0.2, -0.15) is 0 Å². The number of hydrogen-bond donors (Lipinski definition) is 1. The van der Waals surface area contributed by atoms with Crippen LogP contribution < -0.4 is 9.88 Å². The molecule has 0 radical (unpaired) electrons. The zero-order valence-electron chi connectivity index (χ0n) is 10.1. The summed E-state index contributed by atoms with van der Waals surface area (Å²) in [6.45, 7) is 0. The van der Waals surface area contributed by atoms with Crippen molar-refractivity contribution in [3.63, 3.8) is 0 Å². The molecule has 98 valence electrons. The number of nitrogens with zero attached hydrogens (tertiary/aromatic N) is 1. The third-order valence-electron chi connectivity index (χ3n) is 2.75. The molecule has 1 heterocycles. The number of amides is 1. The lowest BCUT2D eigenvalue weighted by Crippen LogP contribution is -2.36. The number of fused-ring (bicyclic) bond motifs is 1. The maximum Gasteiger partial charge on any atom is 0.263 e. The molecular formula is C11H14N2O4S. The van der Waals surface area contributed by atoms with Crippen molar-refractivity contribution in [2.75, 3.05) is 14.1 Å². The summed E-state index contributed by atoms with van der Waals surface area (Å²) in [6, 6.07) is 4.35. The molecule has 0 saturated carbocycles. The molecule has 6 nitrogen and oxygen atoms in total. The van der Waals surface area contributed by atoms with E-state index in [0.717, 1.165) is 0 Å². The average molecular weight is 270 g/mol. The number of sulfonamides is 1. The molecule has 2 N–H and O–H groups in total. The predicted octanol–water partition coefficient (Wildman–Crippen LogP) is -0.274. The van der Waals surface area contributed by atoms with E-state index < -0.39 is 16.1 Å². The van der Waals surface area contributed by atoms with Crippen LogP contribution in [0.25, 0.3) is 0 Å². The van der Waals surface area contributed by atoms with Gasteiger partial charge < -0.3 is 9.64 Å². The average Bonchev–Trinajstić information content (AvgIpc) is 2.68. The first-order valence-electron chi connectivity index (χ1n) is 5.32. The second kappa shape index (κ2) is 4.25. The Hall–Kier alpha value is -1.60. The monoisotopic (exact) mass is 270 g/mol. The molecule has 18 heavy (non-hydrogen) atoms. The highest BCUT2D eigenvalue weighted by Gasteiger charge is 2.30. The van der Waals surface area contributed by atoms with Crippen molar-refractivity contribution < 1.29 is 17.9 Å². The topological polar surface area (TPSA) is 89.7 Å². The first kappa shape index (κ1) is 12.8. The van der Waals surface area contributed by atoms with E-state index in [2.05, 4.69) is 0 Å². The fraction of sp³-hybridized carbons (Fsp3) is 0.364. The zero-order chi connectivity index (χ0) is 13.5. The normalized spacial score (nSPS) is 18.1. The van der Waals surface area contributed by atoms with Crippen molar-refractivity contribution >= 4 is 15.9 Å². The van der Waals surface area contributed by atoms with Crippen molar-refractivity contribution in [3.05, 3.63) is 23.8 Å². The molecular weight excluding hydrogens is 256 g/mol. The summed E-state index contributed by atoms with van der Waals surface area (Å²) in [4.78, 5) is 13.2. The highest BCUT2D eigenvalue weighted by Crippen LogP contribution is 2.31. The Bertz CT molecular complexity index is 595. The summed E-state index contributed by atoms with van der Waals surface area (Å²) in [5.74, 6) is 0.381. The fourth-order valence-electron chi connectivity index (χ4n) is 1.83. The number of nitrogens with two attached hydrogens (primary N) is 1. The van der Waals surface area contributed by atoms with E-state index in [1.165, 1.54) is 23.1 Å². The smallest absolute Gasteiger partial charge is 0.263 e. The van der Waals surface area contributed by atoms with Gasteiger partial charge in [-0.3, -0.25) is 4.79 Å². The van der Waals surface area contributed by atoms with E-state index >= 15 is 0 Å². The van der Waals surface area contributed by atoms with Crippen LogP contribution in [-0.2, 0) is 21.2 Å². The van der Waals surface area contributed by atoms with Crippen LogP contribution in [0.2, 0.25) is 0 Å². The van der Waals surface area contributed by atoms with Crippen LogP contribution in [0.5, 0.6) is 5.75 Å². The highest BCUT2D eigenvalue weighted by atomic mass is 32.2. The summed E-state index contributed by atoms with van der Waals surface area (Å²) in [5.41, 5.74) is 0.682. The van der Waals surface area contributed by atoms with Gasteiger partial charge >= 0.3 is 0 Å². The first-order valence-corrected chi connectivity index (χ1v) is 6.87. The van der Waals surface area contributed by atoms with Gasteiger partial charge in [0.25, 0.3) is 5.91 Å². The first-order chi connectivity index (χ1) is 8.29. The number of benzene rings is 1. The summed E-state index contributed by atoms with van der Waals surface area (Å²) < 4.78 is 27.9. The molecule has 0 saturated heterocycles. The fourth-order valence-corrected chi connectivity index (χ4v) is 2.39. The van der Waals surface area contributed by atoms with Gasteiger partial charge in [-0.05, 0) is 23.8 Å². The number of likely N-dealkylation sites (N-methyl/N-ethyl adjacent to an activating group) is 1. The van der Waals surface area contributed by atoms with E-state index in [1.54, 1.807) is 14.1 Å². The lowest BCUT2D eigenvalue weighted by molar-refractivity contribution is -0.135. The predicted molar refractivity (Wildman–Crippen MR) is 64.6 cm³/mol. The van der Waals surface area contributed by atoms with Crippen molar-refractivity contribution in [3.8, 4) is 5.75 Å². The van der Waals surface area contributed by atoms with Gasteiger partial charge in [0.15, 0.2) is 6.10 Å². The van der Waals surface area contributed by atoms with Gasteiger partial charge in [-0.1, -0.05) is 0 Å². The Kier molecular flexibility index (Phi) is 3.04. The van der Waals surface area contributed by atoms with Crippen molar-refractivity contribution in [1.82, 2.24) is 4.90 Å². The van der Waals surface area contributed by atoms with E-state index in [4.69, 9.17) is 9.88 Å². The van der Waals surface area contributed by atoms with Crippen molar-refractivity contribution in [2.24, 2.45) is 5.14 Å². The zero-order valence-corrected chi connectivity index (χ0v) is 10.9. The molecule has 1 aliphatic heterocycles. The summed E-state index contributed by atoms with van der Waals surface area (Å²) in [7, 11) is -0.443. The molecule has 2 rings (SSSR count). The Morgan fingerprint density at radius 3 is 2.67 bits per heavy atom. The Labute approximate surface area is 105 Å². The van der Waals surface area contributed by atoms with Gasteiger partial charge in [0.1, 0.15) is 5.75 Å². The van der Waals surface area contributed by atoms with E-state index in [-0.39, 0.29) is 10.8 Å². The largest absolute Gasteiger partial charge is 0.480 e. The van der Waals surface area contributed by atoms with Crippen LogP contribution in [-0.4, -0.2) is 39.4 Å². The minimum atomic E-state index is -3.73. The standard InChI is InChI=1S/C11H14N2O4S/c1-13(2)11(14)10-6-7-5-8(18(12,15)16)3-4-9(7)17-10/h3-5,10H,6H2,1-2H3,(H2,12,15,16). The van der Waals surface area contributed by atoms with Crippen LogP contribution in [0.3, 0.4) is 0 Å². The minimum absolute atomic E-state index is 0.0304. The quantitative estimate of drug-likeness (QED) is 0.800. The van der Waals surface area contributed by atoms with Gasteiger partial charge in [0.05, 0.1) is 4.90 Å². The van der Waals surface area contributed by atoms with Gasteiger partial charge in [0, 0.05) is 20.5 Å². The molecule has 0 spiro atoms. The molecule has 0 bridgehead atoms. The molecule has 1 amide bonds. The molecule has 1 aromatic rings. The molecule has 7 heteroatoms. The minimum Gasteiger partial charge on any atom is -0.480 e. The van der Waals surface area contributed by atoms with Gasteiger partial charge in [0.2, 0.25) is 10.0 Å². The second-order valence-electron chi connectivity index (χ2n) is 4.36. The van der Waals surface area contributed by atoms with Gasteiger partial charge in [-0.15, -0.1) is 0 Å². The second-order valence-corrected chi connectivity index (χ2v) is 5.92. The van der Waals surface area contributed by atoms with Crippen LogP contribution >= 0.6 is 0 Å². The Morgan fingerprint density at radius 2 is 2.11 bits per heavy atom. The summed E-state index contributed by atoms with van der Waals surface area (Å²) >= 11 is 0. The molecule has 0 aromatic heterocycles. The van der Waals surface area contributed by atoms with Crippen LogP contribution in [0.4, 0.5) is 0 Å². The lowest BCUT2D eigenvalue weighted by Gasteiger charge is -2.15. The van der Waals surface area contributed by atoms with Crippen LogP contribution in [0.15, 0.2) is 23.1 Å². The maximum absolute atomic E-state index is 11.8. The molecule has 0 fully saturated rings. The molecule has 1 aliphatic rings. The van der Waals surface area contributed by atoms with Gasteiger partial charge in [-0.25, -0.2) is 13.6 Å². The summed E-state index contributed by atoms with van der Waals surface area (Å²) in [5, 5.41) is 5.05. The van der Waals surface area contributed by atoms with Crippen molar-refractivity contribution in [2.45, 2.75) is 17.4 Å². The molecule has 0 aliphatic carbocycles. The van der Waals surface area contributed by atoms with E-state index in [0.29, 0.717) is 17.7 Å². The number of carbonyl (C=O) groups is 1. The highest BCUT2D eigenvalue weighted by molar-refractivity contribution is 7.89. The van der Waals surface area contributed by atoms with E-state index in [1.807, 2.05) is 0 Å². The Balaban J connectivity index is 2.29. The Morgan fingerprint density at radius 1 is 1.44 bits per heavy atom. The summed E-state index contributed by atoms with van der Waals surface area (Å²) in [6.07, 6.45) is -0.235. The van der Waals surface area contributed by atoms with Crippen LogP contribution in [0, 0.1) is 0 Å².